The zero-order valence-corrected chi connectivity index (χ0v) is 32.5. The first-order chi connectivity index (χ1) is 25.9. The van der Waals surface area contributed by atoms with Gasteiger partial charge in [0, 0.05) is 33.5 Å². The van der Waals surface area contributed by atoms with Crippen molar-refractivity contribution in [3.8, 4) is 5.75 Å². The number of nitro groups is 2. The number of rotatable bonds is 22. The third-order valence-electron chi connectivity index (χ3n) is 8.03. The van der Waals surface area contributed by atoms with Gasteiger partial charge in [-0.1, -0.05) is 46.3 Å². The minimum absolute atomic E-state index is 0.0832. The Labute approximate surface area is 326 Å². The van der Waals surface area contributed by atoms with Gasteiger partial charge in [-0.2, -0.15) is 5.11 Å². The van der Waals surface area contributed by atoms with Gasteiger partial charge in [-0.3, -0.25) is 20.2 Å². The Kier molecular flexibility index (Phi) is 17.3. The molecule has 286 valence electrons. The predicted octanol–water partition coefficient (Wildman–Crippen LogP) is 10.1. The molecule has 0 saturated heterocycles. The van der Waals surface area contributed by atoms with Gasteiger partial charge in [0.15, 0.2) is 5.69 Å². The maximum absolute atomic E-state index is 11.6. The molecular formula is C37H42IN7O9. The monoisotopic (exact) mass is 855 g/mol. The number of non-ortho nitro benzene ring substituents is 1. The van der Waals surface area contributed by atoms with Crippen LogP contribution >= 0.6 is 22.6 Å². The van der Waals surface area contributed by atoms with Gasteiger partial charge in [0.25, 0.3) is 5.69 Å². The van der Waals surface area contributed by atoms with Gasteiger partial charge in [-0.05, 0) is 77.7 Å². The van der Waals surface area contributed by atoms with Gasteiger partial charge >= 0.3 is 17.6 Å². The van der Waals surface area contributed by atoms with Gasteiger partial charge in [-0.25, -0.2) is 9.59 Å². The summed E-state index contributed by atoms with van der Waals surface area (Å²) < 4.78 is 17.2. The molecule has 1 atom stereocenters. The van der Waals surface area contributed by atoms with Gasteiger partial charge in [0.05, 0.1) is 41.3 Å². The van der Waals surface area contributed by atoms with Crippen LogP contribution in [-0.2, 0) is 19.1 Å². The van der Waals surface area contributed by atoms with E-state index in [-0.39, 0.29) is 18.9 Å². The number of carbonyl (C=O) groups excluding carboxylic acids is 2. The Morgan fingerprint density at radius 3 is 2.04 bits per heavy atom. The van der Waals surface area contributed by atoms with Gasteiger partial charge < -0.3 is 19.1 Å². The highest BCUT2D eigenvalue weighted by Gasteiger charge is 2.20. The highest BCUT2D eigenvalue weighted by Crippen LogP contribution is 2.40. The Hall–Kier alpha value is -5.59. The van der Waals surface area contributed by atoms with Gasteiger partial charge in [-0.15, -0.1) is 15.3 Å². The summed E-state index contributed by atoms with van der Waals surface area (Å²) in [5.41, 5.74) is 1.75. The molecular weight excluding hydrogens is 813 g/mol. The summed E-state index contributed by atoms with van der Waals surface area (Å²) >= 11 is 2.04. The molecule has 1 unspecified atom stereocenters. The molecule has 3 aromatic carbocycles. The quantitative estimate of drug-likeness (QED) is 0.0234. The van der Waals surface area contributed by atoms with Crippen LogP contribution < -0.4 is 9.64 Å². The first kappa shape index (κ1) is 42.8. The molecule has 0 spiro atoms. The molecule has 0 radical (unpaired) electrons. The van der Waals surface area contributed by atoms with Crippen molar-refractivity contribution in [2.45, 2.75) is 46.5 Å². The molecule has 0 N–H and O–H groups in total. The van der Waals surface area contributed by atoms with Crippen LogP contribution in [0.25, 0.3) is 0 Å². The summed E-state index contributed by atoms with van der Waals surface area (Å²) in [7, 11) is 0. The lowest BCUT2D eigenvalue weighted by atomic mass is 10.0. The fourth-order valence-electron chi connectivity index (χ4n) is 4.93. The van der Waals surface area contributed by atoms with Crippen LogP contribution in [0.1, 0.15) is 45.1 Å². The smallest absolute Gasteiger partial charge is 0.330 e. The van der Waals surface area contributed by atoms with Crippen LogP contribution in [0.5, 0.6) is 5.75 Å². The van der Waals surface area contributed by atoms with E-state index in [1.54, 1.807) is 18.2 Å². The molecule has 17 heteroatoms. The molecule has 0 aromatic heterocycles. The summed E-state index contributed by atoms with van der Waals surface area (Å²) in [4.78, 5) is 46.4. The summed E-state index contributed by atoms with van der Waals surface area (Å²) in [6.45, 7) is 14.1. The second-order valence-corrected chi connectivity index (χ2v) is 12.9. The number of benzene rings is 3. The number of carbonyl (C=O) groups is 2. The normalized spacial score (nSPS) is 11.6. The van der Waals surface area contributed by atoms with E-state index >= 15 is 0 Å². The number of nitro benzene ring substituents is 2. The Balaban J connectivity index is 1.96. The topological polar surface area (TPSA) is 201 Å². The predicted molar refractivity (Wildman–Crippen MR) is 212 cm³/mol. The fraction of sp³-hybridized carbons (Fsp3) is 0.351. The first-order valence-corrected chi connectivity index (χ1v) is 18.1. The number of hydrogen-bond donors (Lipinski definition) is 0. The van der Waals surface area contributed by atoms with E-state index in [0.717, 1.165) is 61.2 Å². The number of azo groups is 2. The number of anilines is 1. The highest BCUT2D eigenvalue weighted by molar-refractivity contribution is 14.1. The molecule has 3 aromatic rings. The molecule has 0 aliphatic carbocycles. The standard InChI is InChI=1S/C37H42IN7O9/c1-6-10-11-26(7-2)24-54-35-23-32(41-40-31-15-13-28(44(48)49)21-34(31)45(50)51)29(38)22-33(35)42-39-30-14-12-27(20-25(30)5)43(16-18-52-36(46)8-3)17-19-53-37(47)9-4/h8-9,12-15,20-23,26H,3-4,6-7,10-11,16-19,24H2,1-2,5H3/b41-40+,42-39+. The summed E-state index contributed by atoms with van der Waals surface area (Å²) in [6, 6.07) is 12.0. The third kappa shape index (κ3) is 13.1. The molecule has 0 aliphatic rings. The van der Waals surface area contributed by atoms with Gasteiger partial charge in [0.1, 0.15) is 30.3 Å². The number of nitrogens with zero attached hydrogens (tertiary/aromatic N) is 7. The fourth-order valence-corrected chi connectivity index (χ4v) is 5.49. The molecule has 0 fully saturated rings. The van der Waals surface area contributed by atoms with Crippen molar-refractivity contribution in [1.82, 2.24) is 0 Å². The number of halogens is 1. The number of ether oxygens (including phenoxy) is 3. The molecule has 0 amide bonds. The van der Waals surface area contributed by atoms with E-state index in [1.807, 2.05) is 46.5 Å². The summed E-state index contributed by atoms with van der Waals surface area (Å²) in [5, 5.41) is 40.2. The van der Waals surface area contributed by atoms with Crippen molar-refractivity contribution in [2.75, 3.05) is 37.8 Å². The van der Waals surface area contributed by atoms with Crippen molar-refractivity contribution < 1.29 is 33.6 Å². The Morgan fingerprint density at radius 1 is 0.852 bits per heavy atom. The zero-order chi connectivity index (χ0) is 39.6. The van der Waals surface area contributed by atoms with E-state index in [9.17, 15) is 29.8 Å². The first-order valence-electron chi connectivity index (χ1n) is 17.1. The number of unbranched alkanes of at least 4 members (excludes halogenated alkanes) is 1. The van der Waals surface area contributed by atoms with Crippen LogP contribution in [-0.4, -0.2) is 54.7 Å². The number of hydrogen-bond acceptors (Lipinski definition) is 14. The lowest BCUT2D eigenvalue weighted by molar-refractivity contribution is -0.393. The van der Waals surface area contributed by atoms with Crippen molar-refractivity contribution in [3.63, 3.8) is 0 Å². The van der Waals surface area contributed by atoms with E-state index in [4.69, 9.17) is 14.2 Å². The van der Waals surface area contributed by atoms with Crippen LogP contribution in [0, 0.1) is 36.6 Å². The van der Waals surface area contributed by atoms with Crippen LogP contribution in [0.15, 0.2) is 94.3 Å². The summed E-state index contributed by atoms with van der Waals surface area (Å²) in [5.74, 6) is -0.424. The van der Waals surface area contributed by atoms with Crippen LogP contribution in [0.3, 0.4) is 0 Å². The van der Waals surface area contributed by atoms with Crippen molar-refractivity contribution in [3.05, 3.63) is 103 Å². The van der Waals surface area contributed by atoms with E-state index in [1.165, 1.54) is 6.07 Å². The largest absolute Gasteiger partial charge is 0.491 e. The molecule has 16 nitrogen and oxygen atoms in total. The van der Waals surface area contributed by atoms with Gasteiger partial charge in [0.2, 0.25) is 0 Å². The van der Waals surface area contributed by atoms with Crippen molar-refractivity contribution in [2.24, 2.45) is 26.4 Å². The summed E-state index contributed by atoms with van der Waals surface area (Å²) in [6.07, 6.45) is 6.18. The second-order valence-electron chi connectivity index (χ2n) is 11.8. The number of aryl methyl sites for hydroxylation is 1. The average Bonchev–Trinajstić information content (AvgIpc) is 3.16. The molecule has 54 heavy (non-hydrogen) atoms. The Bertz CT molecular complexity index is 1880. The molecule has 3 rings (SSSR count). The maximum atomic E-state index is 11.6. The van der Waals surface area contributed by atoms with E-state index in [2.05, 4.69) is 47.5 Å². The maximum Gasteiger partial charge on any atom is 0.330 e. The highest BCUT2D eigenvalue weighted by atomic mass is 127. The van der Waals surface area contributed by atoms with Crippen LogP contribution in [0.4, 0.5) is 39.8 Å². The lowest BCUT2D eigenvalue weighted by Gasteiger charge is -2.25. The van der Waals surface area contributed by atoms with E-state index in [0.29, 0.717) is 52.0 Å². The zero-order valence-electron chi connectivity index (χ0n) is 30.3. The number of esters is 2. The lowest BCUT2D eigenvalue weighted by Crippen LogP contribution is -2.32. The van der Waals surface area contributed by atoms with Crippen LogP contribution in [0.2, 0.25) is 0 Å². The van der Waals surface area contributed by atoms with E-state index < -0.39 is 33.2 Å². The third-order valence-corrected chi connectivity index (χ3v) is 8.90. The van der Waals surface area contributed by atoms with Crippen molar-refractivity contribution >= 4 is 74.3 Å². The van der Waals surface area contributed by atoms with Crippen molar-refractivity contribution in [1.29, 1.82) is 0 Å². The molecule has 0 heterocycles. The molecule has 0 saturated carbocycles. The second kappa shape index (κ2) is 21.8. The average molecular weight is 856 g/mol. The Morgan fingerprint density at radius 2 is 1.46 bits per heavy atom. The minimum Gasteiger partial charge on any atom is -0.491 e. The minimum atomic E-state index is -0.751. The molecule has 0 aliphatic heterocycles. The molecule has 0 bridgehead atoms. The SMILES string of the molecule is C=CC(=O)OCCN(CCOC(=O)C=C)c1ccc(/N=N/c2cc(I)c(/N=N/c3ccc([N+](=O)[O-])cc3[N+](=O)[O-])cc2OCC(CC)CCCC)c(C)c1.